The van der Waals surface area contributed by atoms with Crippen molar-refractivity contribution in [2.24, 2.45) is 0 Å². The first-order valence-corrected chi connectivity index (χ1v) is 7.16. The average Bonchev–Trinajstić information content (AvgIpc) is 3.09. The van der Waals surface area contributed by atoms with Crippen molar-refractivity contribution in [2.45, 2.75) is 6.42 Å². The number of benzene rings is 1. The van der Waals surface area contributed by atoms with Crippen molar-refractivity contribution >= 4 is 28.5 Å². The van der Waals surface area contributed by atoms with Crippen molar-refractivity contribution in [1.82, 2.24) is 20.6 Å². The Morgan fingerprint density at radius 3 is 2.92 bits per heavy atom. The number of hydrogen-bond acceptors (Lipinski definition) is 8. The number of para-hydroxylation sites is 1. The lowest BCUT2D eigenvalue weighted by Crippen LogP contribution is -2.22. The highest BCUT2D eigenvalue weighted by Gasteiger charge is 2.21. The molecule has 124 valence electrons. The zero-order valence-corrected chi connectivity index (χ0v) is 12.4. The smallest absolute Gasteiger partial charge is 0.296 e. The van der Waals surface area contributed by atoms with Crippen LogP contribution in [0.2, 0.25) is 0 Å². The van der Waals surface area contributed by atoms with Crippen LogP contribution < -0.4 is 16.1 Å². The van der Waals surface area contributed by atoms with Gasteiger partial charge in [-0.05, 0) is 23.8 Å². The summed E-state index contributed by atoms with van der Waals surface area (Å²) < 4.78 is 5.59. The highest BCUT2D eigenvalue weighted by Crippen LogP contribution is 2.20. The minimum atomic E-state index is -0.689. The molecule has 10 nitrogen and oxygen atoms in total. The summed E-state index contributed by atoms with van der Waals surface area (Å²) in [5.41, 5.74) is -0.0651. The predicted molar refractivity (Wildman–Crippen MR) is 84.8 cm³/mol. The summed E-state index contributed by atoms with van der Waals surface area (Å²) in [6, 6.07) is 6.61. The van der Waals surface area contributed by atoms with Crippen LogP contribution in [0.15, 0.2) is 33.5 Å². The van der Waals surface area contributed by atoms with Gasteiger partial charge >= 0.3 is 0 Å². The molecule has 0 aliphatic heterocycles. The summed E-state index contributed by atoms with van der Waals surface area (Å²) in [6.07, 6.45) is 0.415. The zero-order valence-electron chi connectivity index (χ0n) is 12.4. The summed E-state index contributed by atoms with van der Waals surface area (Å²) in [7, 11) is 0. The van der Waals surface area contributed by atoms with Crippen LogP contribution in [0.4, 0.5) is 11.6 Å². The van der Waals surface area contributed by atoms with Crippen LogP contribution >= 0.6 is 0 Å². The quantitative estimate of drug-likeness (QED) is 0.474. The molecule has 0 radical (unpaired) electrons. The summed E-state index contributed by atoms with van der Waals surface area (Å²) >= 11 is 0. The van der Waals surface area contributed by atoms with E-state index in [-0.39, 0.29) is 35.0 Å². The summed E-state index contributed by atoms with van der Waals surface area (Å²) in [5.74, 6) is -0.927. The molecule has 0 unspecified atom stereocenters. The van der Waals surface area contributed by atoms with Crippen LogP contribution in [-0.2, 0) is 0 Å². The first kappa shape index (κ1) is 15.6. The Balaban J connectivity index is 2.04. The largest absolute Gasteiger partial charge is 0.448 e. The molecule has 2 aromatic heterocycles. The van der Waals surface area contributed by atoms with E-state index in [2.05, 4.69) is 31.3 Å². The zero-order chi connectivity index (χ0) is 16.9. The number of amides is 1. The molecule has 10 heteroatoms. The molecule has 4 N–H and O–H groups in total. The van der Waals surface area contributed by atoms with E-state index in [4.69, 9.17) is 9.52 Å². The standard InChI is InChI=1S/C14H14N6O4/c21-7-3-6-15-10-11(22)8-4-1-2-5-9(8)24-12(10)13(23)16-14-17-19-20-18-14/h1-2,4-5,15,21H,3,6-7H2,(H2,16,17,18,19,20,23). The Morgan fingerprint density at radius 2 is 2.17 bits per heavy atom. The van der Waals surface area contributed by atoms with Crippen LogP contribution in [0.5, 0.6) is 0 Å². The van der Waals surface area contributed by atoms with Crippen LogP contribution in [0.1, 0.15) is 17.0 Å². The Kier molecular flexibility index (Phi) is 4.47. The normalized spacial score (nSPS) is 10.7. The van der Waals surface area contributed by atoms with E-state index in [1.807, 2.05) is 0 Å². The monoisotopic (exact) mass is 330 g/mol. The second-order valence-electron chi connectivity index (χ2n) is 4.82. The maximum Gasteiger partial charge on any atom is 0.296 e. The van der Waals surface area contributed by atoms with Gasteiger partial charge in [-0.1, -0.05) is 17.2 Å². The molecule has 0 aliphatic carbocycles. The summed E-state index contributed by atoms with van der Waals surface area (Å²) in [5, 5.41) is 27.2. The Bertz CT molecular complexity index is 905. The average molecular weight is 330 g/mol. The molecular formula is C14H14N6O4. The van der Waals surface area contributed by atoms with Gasteiger partial charge in [0, 0.05) is 13.2 Å². The van der Waals surface area contributed by atoms with Gasteiger partial charge in [0.05, 0.1) is 5.39 Å². The van der Waals surface area contributed by atoms with E-state index < -0.39 is 5.91 Å². The van der Waals surface area contributed by atoms with E-state index in [0.717, 1.165) is 0 Å². The lowest BCUT2D eigenvalue weighted by Gasteiger charge is -2.10. The van der Waals surface area contributed by atoms with E-state index in [9.17, 15) is 9.59 Å². The Labute approximate surface area is 134 Å². The highest BCUT2D eigenvalue weighted by atomic mass is 16.3. The van der Waals surface area contributed by atoms with E-state index in [1.54, 1.807) is 24.3 Å². The number of fused-ring (bicyclic) bond motifs is 1. The number of carbonyl (C=O) groups excluding carboxylic acids is 1. The number of aliphatic hydroxyl groups is 1. The van der Waals surface area contributed by atoms with Gasteiger partial charge in [0.2, 0.25) is 11.2 Å². The van der Waals surface area contributed by atoms with Crippen molar-refractivity contribution in [3.63, 3.8) is 0 Å². The fourth-order valence-corrected chi connectivity index (χ4v) is 2.13. The number of nitrogens with one attached hydrogen (secondary N) is 3. The molecule has 0 spiro atoms. The number of H-pyrrole nitrogens is 1. The molecule has 3 rings (SSSR count). The van der Waals surface area contributed by atoms with Gasteiger partial charge in [-0.2, -0.15) is 5.21 Å². The van der Waals surface area contributed by atoms with Gasteiger partial charge in [0.25, 0.3) is 11.9 Å². The lowest BCUT2D eigenvalue weighted by molar-refractivity contribution is 0.0997. The number of tetrazole rings is 1. The molecule has 0 saturated heterocycles. The van der Waals surface area contributed by atoms with Crippen LogP contribution in [0.3, 0.4) is 0 Å². The molecule has 0 fully saturated rings. The van der Waals surface area contributed by atoms with Gasteiger partial charge in [-0.15, -0.1) is 5.10 Å². The number of hydrogen-bond donors (Lipinski definition) is 4. The molecule has 0 saturated carbocycles. The molecule has 1 amide bonds. The van der Waals surface area contributed by atoms with Crippen molar-refractivity contribution in [3.8, 4) is 0 Å². The number of rotatable bonds is 6. The van der Waals surface area contributed by atoms with Crippen molar-refractivity contribution in [1.29, 1.82) is 0 Å². The molecule has 0 bridgehead atoms. The highest BCUT2D eigenvalue weighted by molar-refractivity contribution is 6.06. The van der Waals surface area contributed by atoms with Gasteiger partial charge in [-0.25, -0.2) is 0 Å². The summed E-state index contributed by atoms with van der Waals surface area (Å²) in [4.78, 5) is 25.0. The second kappa shape index (κ2) is 6.87. The maximum atomic E-state index is 12.6. The topological polar surface area (TPSA) is 146 Å². The third-order valence-electron chi connectivity index (χ3n) is 3.21. The first-order valence-electron chi connectivity index (χ1n) is 7.16. The first-order chi connectivity index (χ1) is 11.7. The number of aromatic amines is 1. The number of carbonyl (C=O) groups is 1. The second-order valence-corrected chi connectivity index (χ2v) is 4.82. The number of nitrogens with zero attached hydrogens (tertiary/aromatic N) is 3. The molecule has 3 aromatic rings. The number of anilines is 2. The number of aromatic nitrogens is 4. The van der Waals surface area contributed by atoms with Gasteiger partial charge in [0.1, 0.15) is 11.3 Å². The third kappa shape index (κ3) is 3.08. The van der Waals surface area contributed by atoms with Crippen molar-refractivity contribution < 1.29 is 14.3 Å². The van der Waals surface area contributed by atoms with Gasteiger partial charge in [0.15, 0.2) is 0 Å². The molecule has 0 aliphatic rings. The van der Waals surface area contributed by atoms with E-state index in [1.165, 1.54) is 0 Å². The molecule has 1 aromatic carbocycles. The molecule has 2 heterocycles. The molecular weight excluding hydrogens is 316 g/mol. The fraction of sp³-hybridized carbons (Fsp3) is 0.214. The number of aliphatic hydroxyl groups excluding tert-OH is 1. The van der Waals surface area contributed by atoms with Crippen molar-refractivity contribution in [2.75, 3.05) is 23.8 Å². The Morgan fingerprint density at radius 1 is 1.33 bits per heavy atom. The SMILES string of the molecule is O=C(Nc1nn[nH]n1)c1oc2ccccc2c(=O)c1NCCCO. The van der Waals surface area contributed by atoms with Crippen LogP contribution in [0, 0.1) is 0 Å². The van der Waals surface area contributed by atoms with Crippen LogP contribution in [-0.4, -0.2) is 44.8 Å². The molecule has 24 heavy (non-hydrogen) atoms. The maximum absolute atomic E-state index is 12.6. The van der Waals surface area contributed by atoms with E-state index >= 15 is 0 Å². The lowest BCUT2D eigenvalue weighted by atomic mass is 10.2. The summed E-state index contributed by atoms with van der Waals surface area (Å²) in [6.45, 7) is 0.262. The minimum absolute atomic E-state index is 0.0168. The van der Waals surface area contributed by atoms with Gasteiger partial charge in [-0.3, -0.25) is 14.9 Å². The third-order valence-corrected chi connectivity index (χ3v) is 3.21. The molecule has 0 atom stereocenters. The van der Waals surface area contributed by atoms with Crippen LogP contribution in [0.25, 0.3) is 11.0 Å². The van der Waals surface area contributed by atoms with E-state index in [0.29, 0.717) is 18.4 Å². The fourth-order valence-electron chi connectivity index (χ4n) is 2.13. The van der Waals surface area contributed by atoms with Gasteiger partial charge < -0.3 is 14.8 Å². The predicted octanol–water partition coefficient (Wildman–Crippen LogP) is 0.353. The van der Waals surface area contributed by atoms with Crippen molar-refractivity contribution in [3.05, 3.63) is 40.2 Å². The minimum Gasteiger partial charge on any atom is -0.448 e. The Hall–Kier alpha value is -3.27.